The van der Waals surface area contributed by atoms with Gasteiger partial charge in [-0.15, -0.1) is 0 Å². The van der Waals surface area contributed by atoms with Crippen LogP contribution in [0.15, 0.2) is 121 Å². The molecule has 5 rings (SSSR count). The van der Waals surface area contributed by atoms with Crippen molar-refractivity contribution in [3.05, 3.63) is 121 Å². The first-order valence-electron chi connectivity index (χ1n) is 12.5. The molecule has 4 aromatic rings. The SMILES string of the molecule is [O-][Cl+3]([O-])([O-])OP(c1ccccc1)(c1ccccc1)(c1ccccc1)C1([Se]c2ccccc2)CCCCC1. The molecule has 0 spiro atoms. The van der Waals surface area contributed by atoms with Crippen molar-refractivity contribution in [1.82, 2.24) is 0 Å². The van der Waals surface area contributed by atoms with E-state index in [1.54, 1.807) is 0 Å². The maximum absolute atomic E-state index is 13.0. The Bertz CT molecular complexity index is 1200. The second kappa shape index (κ2) is 10.6. The summed E-state index contributed by atoms with van der Waals surface area (Å²) in [6.07, 6.45) is 4.49. The Balaban J connectivity index is 2.02. The first-order chi connectivity index (χ1) is 17.9. The van der Waals surface area contributed by atoms with Gasteiger partial charge in [-0.3, -0.25) is 0 Å². The molecule has 1 fully saturated rings. The summed E-state index contributed by atoms with van der Waals surface area (Å²) in [6.45, 7) is -4.47. The number of benzene rings is 4. The molecule has 4 aromatic carbocycles. The van der Waals surface area contributed by atoms with E-state index in [-0.39, 0.29) is 15.0 Å². The molecule has 4 nitrogen and oxygen atoms in total. The van der Waals surface area contributed by atoms with Crippen LogP contribution in [0.3, 0.4) is 0 Å². The van der Waals surface area contributed by atoms with Crippen LogP contribution < -0.4 is 34.4 Å². The van der Waals surface area contributed by atoms with Gasteiger partial charge in [-0.25, -0.2) is 0 Å². The molecule has 0 bridgehead atoms. The molecule has 1 saturated carbocycles. The van der Waals surface area contributed by atoms with Crippen LogP contribution in [0.4, 0.5) is 0 Å². The van der Waals surface area contributed by atoms with Gasteiger partial charge in [-0.2, -0.15) is 0 Å². The average molecular weight is 600 g/mol. The van der Waals surface area contributed by atoms with Crippen molar-refractivity contribution in [2.24, 2.45) is 0 Å². The molecular formula is C30H30ClO4PSe. The number of hydrogen-bond donors (Lipinski definition) is 0. The van der Waals surface area contributed by atoms with E-state index in [0.29, 0.717) is 0 Å². The molecule has 37 heavy (non-hydrogen) atoms. The summed E-state index contributed by atoms with van der Waals surface area (Å²) < 4.78 is 46.1. The quantitative estimate of drug-likeness (QED) is 0.229. The molecule has 0 radical (unpaired) electrons. The Kier molecular flexibility index (Phi) is 7.62. The molecule has 0 aromatic heterocycles. The van der Waals surface area contributed by atoms with Gasteiger partial charge in [-0.1, -0.05) is 0 Å². The Morgan fingerprint density at radius 1 is 0.568 bits per heavy atom. The van der Waals surface area contributed by atoms with E-state index in [2.05, 4.69) is 12.1 Å². The second-order valence-electron chi connectivity index (χ2n) is 9.41. The van der Waals surface area contributed by atoms with Crippen LogP contribution in [-0.4, -0.2) is 19.0 Å². The van der Waals surface area contributed by atoms with Crippen molar-refractivity contribution in [1.29, 1.82) is 0 Å². The molecule has 1 aliphatic carbocycles. The Labute approximate surface area is 227 Å². The predicted octanol–water partition coefficient (Wildman–Crippen LogP) is 2.04. The summed E-state index contributed by atoms with van der Waals surface area (Å²) in [5.74, 6) is 0. The van der Waals surface area contributed by atoms with E-state index in [0.717, 1.165) is 52.5 Å². The van der Waals surface area contributed by atoms with E-state index in [1.165, 1.54) is 0 Å². The van der Waals surface area contributed by atoms with Crippen LogP contribution >= 0.6 is 6.83 Å². The van der Waals surface area contributed by atoms with Gasteiger partial charge in [0.15, 0.2) is 0 Å². The monoisotopic (exact) mass is 600 g/mol. The van der Waals surface area contributed by atoms with E-state index < -0.39 is 21.1 Å². The summed E-state index contributed by atoms with van der Waals surface area (Å²) in [5.41, 5.74) is 0. The van der Waals surface area contributed by atoms with Gasteiger partial charge in [0.05, 0.1) is 0 Å². The van der Waals surface area contributed by atoms with Gasteiger partial charge in [0.25, 0.3) is 0 Å². The average Bonchev–Trinajstić information content (AvgIpc) is 2.94. The van der Waals surface area contributed by atoms with Gasteiger partial charge in [0.2, 0.25) is 0 Å². The molecular weight excluding hydrogens is 570 g/mol. The summed E-state index contributed by atoms with van der Waals surface area (Å²) >= 11 is -0.214. The third kappa shape index (κ3) is 4.48. The molecule has 0 heterocycles. The first kappa shape index (κ1) is 26.6. The van der Waals surface area contributed by atoms with Gasteiger partial charge in [-0.05, 0) is 0 Å². The van der Waals surface area contributed by atoms with Crippen molar-refractivity contribution in [2.75, 3.05) is 0 Å². The summed E-state index contributed by atoms with van der Waals surface area (Å²) in [5, 5.41) is 2.33. The fraction of sp³-hybridized carbons (Fsp3) is 0.200. The Hall–Kier alpha value is -2.04. The molecule has 0 saturated heterocycles. The van der Waals surface area contributed by atoms with Gasteiger partial charge in [0.1, 0.15) is 0 Å². The van der Waals surface area contributed by atoms with E-state index in [1.807, 2.05) is 109 Å². The van der Waals surface area contributed by atoms with Crippen LogP contribution in [0.25, 0.3) is 0 Å². The van der Waals surface area contributed by atoms with Crippen LogP contribution in [-0.2, 0) is 4.08 Å². The zero-order valence-electron chi connectivity index (χ0n) is 20.4. The third-order valence-corrected chi connectivity index (χ3v) is 20.5. The molecule has 0 amide bonds. The fourth-order valence-electron chi connectivity index (χ4n) is 6.07. The molecule has 0 N–H and O–H groups in total. The fourth-order valence-corrected chi connectivity index (χ4v) is 21.5. The normalized spacial score (nSPS) is 17.0. The van der Waals surface area contributed by atoms with Crippen molar-refractivity contribution < 1.29 is 28.3 Å². The molecule has 192 valence electrons. The van der Waals surface area contributed by atoms with Crippen molar-refractivity contribution in [2.45, 2.75) is 36.2 Å². The Morgan fingerprint density at radius 3 is 1.32 bits per heavy atom. The standard InChI is InChI=1S/C30H30ClO4PSe/c32-31(33,34)35-36(26-16-6-1-7-17-26,27-18-8-2-9-19-27,28-20-10-3-11-21-28)30(24-14-5-15-25-30)37-29-22-12-4-13-23-29/h1-4,6-13,16-23H,5,14-15,24-25H2. The van der Waals surface area contributed by atoms with Gasteiger partial charge >= 0.3 is 228 Å². The number of rotatable bonds is 8. The Morgan fingerprint density at radius 2 is 0.946 bits per heavy atom. The van der Waals surface area contributed by atoms with Crippen LogP contribution in [0.1, 0.15) is 32.1 Å². The first-order valence-corrected chi connectivity index (χ1v) is 17.6. The van der Waals surface area contributed by atoms with E-state index in [4.69, 9.17) is 4.08 Å². The zero-order chi connectivity index (χ0) is 25.8. The van der Waals surface area contributed by atoms with Crippen molar-refractivity contribution >= 4 is 42.2 Å². The number of halogens is 1. The number of hydrogen-bond acceptors (Lipinski definition) is 4. The van der Waals surface area contributed by atoms with Crippen LogP contribution in [0.5, 0.6) is 0 Å². The molecule has 0 atom stereocenters. The summed E-state index contributed by atoms with van der Waals surface area (Å²) in [6, 6.07) is 39.4. The van der Waals surface area contributed by atoms with Gasteiger partial charge in [0, 0.05) is 0 Å². The molecule has 0 aliphatic heterocycles. The third-order valence-electron chi connectivity index (χ3n) is 7.43. The summed E-state index contributed by atoms with van der Waals surface area (Å²) in [7, 11) is -4.80. The molecule has 7 heteroatoms. The molecule has 0 unspecified atom stereocenters. The van der Waals surface area contributed by atoms with Crippen LogP contribution in [0.2, 0.25) is 0 Å². The van der Waals surface area contributed by atoms with Gasteiger partial charge < -0.3 is 0 Å². The van der Waals surface area contributed by atoms with Crippen molar-refractivity contribution in [3.63, 3.8) is 0 Å². The minimum absolute atomic E-state index is 0.214. The topological polar surface area (TPSA) is 78.4 Å². The van der Waals surface area contributed by atoms with E-state index >= 15 is 0 Å². The molecule has 1 aliphatic rings. The maximum atomic E-state index is 13.0. The van der Waals surface area contributed by atoms with E-state index in [9.17, 15) is 14.0 Å². The minimum atomic E-state index is -4.80. The van der Waals surface area contributed by atoms with Crippen LogP contribution in [0, 0.1) is 10.2 Å². The van der Waals surface area contributed by atoms with Crippen molar-refractivity contribution in [3.8, 4) is 0 Å². The predicted molar refractivity (Wildman–Crippen MR) is 144 cm³/mol. The zero-order valence-corrected chi connectivity index (χ0v) is 23.8. The summed E-state index contributed by atoms with van der Waals surface area (Å²) in [4.78, 5) is 0. The second-order valence-corrected chi connectivity index (χ2v) is 18.9.